The molecule has 2 N–H and O–H groups in total. The highest BCUT2D eigenvalue weighted by atomic mass is 16.5. The Labute approximate surface area is 178 Å². The molecule has 1 aromatic carbocycles. The van der Waals surface area contributed by atoms with Crippen LogP contribution in [0.2, 0.25) is 0 Å². The van der Waals surface area contributed by atoms with E-state index in [0.29, 0.717) is 30.7 Å². The number of para-hydroxylation sites is 2. The number of benzene rings is 1. The standard InChI is InChI=1S/C23H34N2O5/c1-29-20-14-8-7-13-19(20)25-21(26)15-9-10-16-23(28)30-17-22(27)24-18-11-5-3-2-4-6-12-18/h7-8,13-14,18H,2-6,9-12,15-17H2,1H3,(H,24,27)(H,25,26). The Bertz CT molecular complexity index is 684. The van der Waals surface area contributed by atoms with Crippen molar-refractivity contribution in [3.8, 4) is 5.75 Å². The zero-order valence-corrected chi connectivity index (χ0v) is 17.9. The first-order valence-electron chi connectivity index (χ1n) is 11.0. The summed E-state index contributed by atoms with van der Waals surface area (Å²) in [6.07, 6.45) is 9.56. The molecule has 166 valence electrons. The van der Waals surface area contributed by atoms with Gasteiger partial charge in [-0.1, -0.05) is 44.2 Å². The summed E-state index contributed by atoms with van der Waals surface area (Å²) in [6.45, 7) is -0.233. The minimum absolute atomic E-state index is 0.133. The lowest BCUT2D eigenvalue weighted by molar-refractivity contribution is -0.148. The van der Waals surface area contributed by atoms with Crippen LogP contribution in [0.4, 0.5) is 5.69 Å². The second kappa shape index (κ2) is 13.6. The SMILES string of the molecule is COc1ccccc1NC(=O)CCCCC(=O)OCC(=O)NC1CCCCCCC1. The molecule has 1 aromatic rings. The van der Waals surface area contributed by atoms with Crippen molar-refractivity contribution in [2.75, 3.05) is 19.0 Å². The van der Waals surface area contributed by atoms with E-state index in [4.69, 9.17) is 9.47 Å². The molecule has 2 rings (SSSR count). The molecule has 0 spiro atoms. The lowest BCUT2D eigenvalue weighted by Gasteiger charge is -2.20. The van der Waals surface area contributed by atoms with Crippen LogP contribution in [0.25, 0.3) is 0 Å². The van der Waals surface area contributed by atoms with E-state index in [2.05, 4.69) is 10.6 Å². The summed E-state index contributed by atoms with van der Waals surface area (Å²) < 4.78 is 10.3. The summed E-state index contributed by atoms with van der Waals surface area (Å²) in [4.78, 5) is 35.9. The van der Waals surface area contributed by atoms with E-state index in [1.54, 1.807) is 19.2 Å². The molecule has 0 heterocycles. The molecule has 2 amide bonds. The van der Waals surface area contributed by atoms with Gasteiger partial charge in [0.25, 0.3) is 5.91 Å². The third-order valence-corrected chi connectivity index (χ3v) is 5.25. The third kappa shape index (κ3) is 9.29. The minimum atomic E-state index is -0.409. The van der Waals surface area contributed by atoms with Gasteiger partial charge in [0.1, 0.15) is 5.75 Å². The zero-order valence-electron chi connectivity index (χ0n) is 17.9. The Morgan fingerprint density at radius 3 is 2.33 bits per heavy atom. The number of rotatable bonds is 10. The molecule has 7 nitrogen and oxygen atoms in total. The maximum absolute atomic E-state index is 12.0. The number of hydrogen-bond donors (Lipinski definition) is 2. The van der Waals surface area contributed by atoms with Crippen molar-refractivity contribution in [1.82, 2.24) is 5.32 Å². The van der Waals surface area contributed by atoms with Crippen molar-refractivity contribution in [3.05, 3.63) is 24.3 Å². The summed E-state index contributed by atoms with van der Waals surface area (Å²) in [5, 5.41) is 5.78. The van der Waals surface area contributed by atoms with Crippen LogP contribution in [-0.4, -0.2) is 37.5 Å². The molecule has 1 saturated carbocycles. The number of unbranched alkanes of at least 4 members (excludes halogenated alkanes) is 1. The molecule has 0 radical (unpaired) electrons. The molecular weight excluding hydrogens is 384 g/mol. The van der Waals surface area contributed by atoms with Gasteiger partial charge in [0.2, 0.25) is 5.91 Å². The van der Waals surface area contributed by atoms with E-state index < -0.39 is 5.97 Å². The van der Waals surface area contributed by atoms with Gasteiger partial charge >= 0.3 is 5.97 Å². The monoisotopic (exact) mass is 418 g/mol. The van der Waals surface area contributed by atoms with Crippen LogP contribution < -0.4 is 15.4 Å². The Balaban J connectivity index is 1.56. The maximum atomic E-state index is 12.0. The van der Waals surface area contributed by atoms with Crippen LogP contribution >= 0.6 is 0 Å². The van der Waals surface area contributed by atoms with E-state index in [9.17, 15) is 14.4 Å². The first-order chi connectivity index (χ1) is 14.6. The van der Waals surface area contributed by atoms with E-state index in [0.717, 1.165) is 25.7 Å². The molecule has 0 aromatic heterocycles. The number of esters is 1. The van der Waals surface area contributed by atoms with Gasteiger partial charge < -0.3 is 20.1 Å². The highest BCUT2D eigenvalue weighted by molar-refractivity contribution is 5.92. The minimum Gasteiger partial charge on any atom is -0.495 e. The van der Waals surface area contributed by atoms with E-state index in [1.807, 2.05) is 12.1 Å². The van der Waals surface area contributed by atoms with Crippen molar-refractivity contribution >= 4 is 23.5 Å². The topological polar surface area (TPSA) is 93.7 Å². The van der Waals surface area contributed by atoms with Crippen molar-refractivity contribution in [3.63, 3.8) is 0 Å². The largest absolute Gasteiger partial charge is 0.495 e. The number of carbonyl (C=O) groups excluding carboxylic acids is 3. The lowest BCUT2D eigenvalue weighted by atomic mass is 9.97. The number of hydrogen-bond acceptors (Lipinski definition) is 5. The van der Waals surface area contributed by atoms with Crippen LogP contribution in [0.5, 0.6) is 5.75 Å². The van der Waals surface area contributed by atoms with Crippen LogP contribution in [0.3, 0.4) is 0 Å². The van der Waals surface area contributed by atoms with E-state index >= 15 is 0 Å². The smallest absolute Gasteiger partial charge is 0.306 e. The molecule has 0 saturated heterocycles. The van der Waals surface area contributed by atoms with Crippen LogP contribution in [0.1, 0.15) is 70.6 Å². The second-order valence-corrected chi connectivity index (χ2v) is 7.73. The Morgan fingerprint density at radius 2 is 1.60 bits per heavy atom. The maximum Gasteiger partial charge on any atom is 0.306 e. The van der Waals surface area contributed by atoms with Crippen molar-refractivity contribution in [2.24, 2.45) is 0 Å². The van der Waals surface area contributed by atoms with Crippen LogP contribution in [0.15, 0.2) is 24.3 Å². The fraction of sp³-hybridized carbons (Fsp3) is 0.609. The first kappa shape index (κ1) is 23.7. The molecule has 0 aliphatic heterocycles. The molecule has 30 heavy (non-hydrogen) atoms. The summed E-state index contributed by atoms with van der Waals surface area (Å²) >= 11 is 0. The van der Waals surface area contributed by atoms with Gasteiger partial charge in [-0.3, -0.25) is 14.4 Å². The third-order valence-electron chi connectivity index (χ3n) is 5.25. The van der Waals surface area contributed by atoms with Gasteiger partial charge in [-0.15, -0.1) is 0 Å². The molecule has 1 fully saturated rings. The van der Waals surface area contributed by atoms with Gasteiger partial charge in [0, 0.05) is 18.9 Å². The summed E-state index contributed by atoms with van der Waals surface area (Å²) in [7, 11) is 1.55. The number of nitrogens with one attached hydrogen (secondary N) is 2. The van der Waals surface area contributed by atoms with Gasteiger partial charge in [-0.05, 0) is 37.8 Å². The van der Waals surface area contributed by atoms with Gasteiger partial charge in [0.15, 0.2) is 6.61 Å². The van der Waals surface area contributed by atoms with Gasteiger partial charge in [-0.2, -0.15) is 0 Å². The van der Waals surface area contributed by atoms with Crippen LogP contribution in [0, 0.1) is 0 Å². The number of amides is 2. The Kier molecular flexibility index (Phi) is 10.8. The van der Waals surface area contributed by atoms with E-state index in [-0.39, 0.29) is 30.9 Å². The summed E-state index contributed by atoms with van der Waals surface area (Å²) in [6, 6.07) is 7.40. The predicted octanol–water partition coefficient (Wildman–Crippen LogP) is 3.97. The molecule has 1 aliphatic carbocycles. The molecule has 1 aliphatic rings. The highest BCUT2D eigenvalue weighted by Crippen LogP contribution is 2.23. The van der Waals surface area contributed by atoms with Gasteiger partial charge in [-0.25, -0.2) is 0 Å². The fourth-order valence-electron chi connectivity index (χ4n) is 3.60. The molecular formula is C23H34N2O5. The second-order valence-electron chi connectivity index (χ2n) is 7.73. The number of methoxy groups -OCH3 is 1. The van der Waals surface area contributed by atoms with Crippen molar-refractivity contribution in [1.29, 1.82) is 0 Å². The summed E-state index contributed by atoms with van der Waals surface area (Å²) in [5.74, 6) is -0.170. The Hall–Kier alpha value is -2.57. The normalized spacial score (nSPS) is 14.8. The molecule has 0 unspecified atom stereocenters. The van der Waals surface area contributed by atoms with Gasteiger partial charge in [0.05, 0.1) is 12.8 Å². The lowest BCUT2D eigenvalue weighted by Crippen LogP contribution is -2.38. The number of carbonyl (C=O) groups is 3. The quantitative estimate of drug-likeness (QED) is 0.443. The molecule has 7 heteroatoms. The molecule has 0 bridgehead atoms. The van der Waals surface area contributed by atoms with Crippen molar-refractivity contribution in [2.45, 2.75) is 76.7 Å². The summed E-state index contributed by atoms with van der Waals surface area (Å²) in [5.41, 5.74) is 0.625. The predicted molar refractivity (Wildman–Crippen MR) is 115 cm³/mol. The zero-order chi connectivity index (χ0) is 21.6. The number of ether oxygens (including phenoxy) is 2. The van der Waals surface area contributed by atoms with Crippen molar-refractivity contribution < 1.29 is 23.9 Å². The first-order valence-corrected chi connectivity index (χ1v) is 11.0. The van der Waals surface area contributed by atoms with Crippen LogP contribution in [-0.2, 0) is 19.1 Å². The Morgan fingerprint density at radius 1 is 0.933 bits per heavy atom. The highest BCUT2D eigenvalue weighted by Gasteiger charge is 2.15. The average Bonchev–Trinajstić information content (AvgIpc) is 2.72. The fourth-order valence-corrected chi connectivity index (χ4v) is 3.60. The average molecular weight is 419 g/mol. The molecule has 0 atom stereocenters. The number of anilines is 1. The van der Waals surface area contributed by atoms with E-state index in [1.165, 1.54) is 19.3 Å².